The van der Waals surface area contributed by atoms with Crippen molar-refractivity contribution in [3.63, 3.8) is 0 Å². The summed E-state index contributed by atoms with van der Waals surface area (Å²) < 4.78 is 5.20. The zero-order chi connectivity index (χ0) is 17.2. The van der Waals surface area contributed by atoms with E-state index in [0.717, 1.165) is 5.56 Å². The Bertz CT molecular complexity index is 740. The zero-order valence-electron chi connectivity index (χ0n) is 12.7. The monoisotopic (exact) mass is 325 g/mol. The molecule has 0 saturated carbocycles. The smallest absolute Gasteiger partial charge is 0.277 e. The van der Waals surface area contributed by atoms with Crippen LogP contribution in [0.1, 0.15) is 5.56 Å². The summed E-state index contributed by atoms with van der Waals surface area (Å²) in [6.45, 7) is -0.239. The fourth-order valence-electron chi connectivity index (χ4n) is 1.72. The summed E-state index contributed by atoms with van der Waals surface area (Å²) in [5, 5.41) is 14.3. The van der Waals surface area contributed by atoms with Crippen LogP contribution in [0.3, 0.4) is 0 Å². The number of amides is 1. The van der Waals surface area contributed by atoms with Crippen molar-refractivity contribution in [1.82, 2.24) is 5.43 Å². The van der Waals surface area contributed by atoms with Crippen LogP contribution in [0.5, 0.6) is 5.75 Å². The van der Waals surface area contributed by atoms with Crippen LogP contribution in [-0.2, 0) is 4.79 Å². The predicted molar refractivity (Wildman–Crippen MR) is 90.7 cm³/mol. The molecule has 0 spiro atoms. The van der Waals surface area contributed by atoms with Gasteiger partial charge in [0, 0.05) is 18.3 Å². The highest BCUT2D eigenvalue weighted by Gasteiger charge is 2.05. The molecule has 2 aromatic rings. The molecular weight excluding hydrogens is 310 g/mol. The molecule has 2 aromatic carbocycles. The number of benzene rings is 2. The summed E-state index contributed by atoms with van der Waals surface area (Å²) in [6, 6.07) is 15.1. The van der Waals surface area contributed by atoms with E-state index in [9.17, 15) is 14.9 Å². The second-order valence-electron chi connectivity index (χ2n) is 4.62. The Morgan fingerprint density at radius 3 is 2.54 bits per heavy atom. The number of nitrogens with zero attached hydrogens (tertiary/aromatic N) is 2. The summed E-state index contributed by atoms with van der Waals surface area (Å²) >= 11 is 0. The van der Waals surface area contributed by atoms with Crippen molar-refractivity contribution in [3.05, 3.63) is 76.4 Å². The highest BCUT2D eigenvalue weighted by atomic mass is 16.6. The molecule has 0 radical (unpaired) electrons. The highest BCUT2D eigenvalue weighted by molar-refractivity contribution is 5.81. The Labute approximate surface area is 138 Å². The Kier molecular flexibility index (Phi) is 6.22. The number of hydrogen-bond donors (Lipinski definition) is 1. The van der Waals surface area contributed by atoms with E-state index < -0.39 is 10.8 Å². The summed E-state index contributed by atoms with van der Waals surface area (Å²) in [7, 11) is 0. The maximum absolute atomic E-state index is 11.5. The number of carbonyl (C=O) groups is 1. The SMILES string of the molecule is O=C(COc1ccc([N+](=O)[O-])cc1)N/N=C/C=C/c1ccccc1. The number of non-ortho nitro benzene ring substituents is 1. The molecule has 24 heavy (non-hydrogen) atoms. The minimum atomic E-state index is -0.506. The molecule has 0 atom stereocenters. The molecule has 0 saturated heterocycles. The van der Waals surface area contributed by atoms with Crippen molar-refractivity contribution < 1.29 is 14.5 Å². The molecular formula is C17H15N3O4. The van der Waals surface area contributed by atoms with Crippen molar-refractivity contribution >= 4 is 23.9 Å². The number of carbonyl (C=O) groups excluding carboxylic acids is 1. The number of ether oxygens (including phenoxy) is 1. The minimum absolute atomic E-state index is 0.0402. The fraction of sp³-hybridized carbons (Fsp3) is 0.0588. The van der Waals surface area contributed by atoms with Gasteiger partial charge >= 0.3 is 0 Å². The van der Waals surface area contributed by atoms with Crippen LogP contribution in [-0.4, -0.2) is 23.7 Å². The van der Waals surface area contributed by atoms with Gasteiger partial charge in [-0.3, -0.25) is 14.9 Å². The molecule has 0 unspecified atom stereocenters. The third-order valence-electron chi connectivity index (χ3n) is 2.86. The van der Waals surface area contributed by atoms with Gasteiger partial charge in [0.25, 0.3) is 11.6 Å². The second-order valence-corrected chi connectivity index (χ2v) is 4.62. The molecule has 0 bridgehead atoms. The summed E-state index contributed by atoms with van der Waals surface area (Å²) in [5.74, 6) is -0.0681. The van der Waals surface area contributed by atoms with Gasteiger partial charge in [-0.25, -0.2) is 5.43 Å². The zero-order valence-corrected chi connectivity index (χ0v) is 12.7. The Balaban J connectivity index is 1.72. The molecule has 1 N–H and O–H groups in total. The fourth-order valence-corrected chi connectivity index (χ4v) is 1.72. The van der Waals surface area contributed by atoms with Crippen LogP contribution in [0.4, 0.5) is 5.69 Å². The number of nitro benzene ring substituents is 1. The van der Waals surface area contributed by atoms with E-state index in [1.165, 1.54) is 30.5 Å². The van der Waals surface area contributed by atoms with E-state index in [0.29, 0.717) is 5.75 Å². The first kappa shape index (κ1) is 16.9. The number of hydrogen-bond acceptors (Lipinski definition) is 5. The van der Waals surface area contributed by atoms with Gasteiger partial charge in [-0.05, 0) is 23.8 Å². The normalized spacial score (nSPS) is 10.8. The standard InChI is InChI=1S/C17H15N3O4/c21-17(13-24-16-10-8-15(9-11-16)20(22)23)19-18-12-4-7-14-5-2-1-3-6-14/h1-12H,13H2,(H,19,21)/b7-4+,18-12+. The Morgan fingerprint density at radius 2 is 1.88 bits per heavy atom. The van der Waals surface area contributed by atoms with Gasteiger partial charge < -0.3 is 4.74 Å². The molecule has 122 valence electrons. The summed E-state index contributed by atoms with van der Waals surface area (Å²) in [6.07, 6.45) is 5.01. The largest absolute Gasteiger partial charge is 0.484 e. The van der Waals surface area contributed by atoms with Gasteiger partial charge in [0.15, 0.2) is 6.61 Å². The Hall–Kier alpha value is -3.48. The number of nitrogens with one attached hydrogen (secondary N) is 1. The average molecular weight is 325 g/mol. The topological polar surface area (TPSA) is 93.8 Å². The molecule has 7 nitrogen and oxygen atoms in total. The van der Waals surface area contributed by atoms with E-state index in [2.05, 4.69) is 10.5 Å². The molecule has 7 heteroatoms. The predicted octanol–water partition coefficient (Wildman–Crippen LogP) is 2.79. The molecule has 0 aromatic heterocycles. The first-order chi connectivity index (χ1) is 11.6. The first-order valence-corrected chi connectivity index (χ1v) is 7.06. The van der Waals surface area contributed by atoms with Gasteiger partial charge in [0.05, 0.1) is 4.92 Å². The molecule has 2 rings (SSSR count). The van der Waals surface area contributed by atoms with Crippen molar-refractivity contribution in [2.24, 2.45) is 5.10 Å². The van der Waals surface area contributed by atoms with Gasteiger partial charge in [0.1, 0.15) is 5.75 Å². The lowest BCUT2D eigenvalue weighted by Gasteiger charge is -2.04. The molecule has 0 aliphatic carbocycles. The van der Waals surface area contributed by atoms with Gasteiger partial charge in [0.2, 0.25) is 0 Å². The third kappa shape index (κ3) is 5.72. The number of rotatable bonds is 7. The quantitative estimate of drug-likeness (QED) is 0.481. The van der Waals surface area contributed by atoms with Crippen molar-refractivity contribution in [3.8, 4) is 5.75 Å². The van der Waals surface area contributed by atoms with E-state index in [1.54, 1.807) is 6.08 Å². The van der Waals surface area contributed by atoms with Crippen molar-refractivity contribution in [1.29, 1.82) is 0 Å². The van der Waals surface area contributed by atoms with Crippen LogP contribution >= 0.6 is 0 Å². The summed E-state index contributed by atoms with van der Waals surface area (Å²) in [4.78, 5) is 21.6. The van der Waals surface area contributed by atoms with Gasteiger partial charge in [-0.15, -0.1) is 0 Å². The van der Waals surface area contributed by atoms with Crippen LogP contribution in [0, 0.1) is 10.1 Å². The maximum Gasteiger partial charge on any atom is 0.277 e. The van der Waals surface area contributed by atoms with Crippen LogP contribution < -0.4 is 10.2 Å². The third-order valence-corrected chi connectivity index (χ3v) is 2.86. The van der Waals surface area contributed by atoms with Crippen LogP contribution in [0.2, 0.25) is 0 Å². The maximum atomic E-state index is 11.5. The summed E-state index contributed by atoms with van der Waals surface area (Å²) in [5.41, 5.74) is 3.30. The van der Waals surface area contributed by atoms with E-state index in [-0.39, 0.29) is 12.3 Å². The van der Waals surface area contributed by atoms with E-state index >= 15 is 0 Å². The van der Waals surface area contributed by atoms with Crippen molar-refractivity contribution in [2.75, 3.05) is 6.61 Å². The molecule has 0 heterocycles. The first-order valence-electron chi connectivity index (χ1n) is 7.06. The van der Waals surface area contributed by atoms with E-state index in [4.69, 9.17) is 4.74 Å². The highest BCUT2D eigenvalue weighted by Crippen LogP contribution is 2.16. The van der Waals surface area contributed by atoms with Crippen molar-refractivity contribution in [2.45, 2.75) is 0 Å². The lowest BCUT2D eigenvalue weighted by Crippen LogP contribution is -2.24. The van der Waals surface area contributed by atoms with Gasteiger partial charge in [-0.1, -0.05) is 36.4 Å². The Morgan fingerprint density at radius 1 is 1.17 bits per heavy atom. The van der Waals surface area contributed by atoms with Crippen LogP contribution in [0.15, 0.2) is 65.8 Å². The van der Waals surface area contributed by atoms with Gasteiger partial charge in [-0.2, -0.15) is 5.10 Å². The lowest BCUT2D eigenvalue weighted by molar-refractivity contribution is -0.384. The molecule has 0 aliphatic heterocycles. The minimum Gasteiger partial charge on any atom is -0.484 e. The average Bonchev–Trinajstić information content (AvgIpc) is 2.61. The number of allylic oxidation sites excluding steroid dienone is 1. The molecule has 0 aliphatic rings. The second kappa shape index (κ2) is 8.84. The molecule has 0 fully saturated rings. The van der Waals surface area contributed by atoms with Crippen LogP contribution in [0.25, 0.3) is 6.08 Å². The number of hydrazone groups is 1. The number of nitro groups is 1. The lowest BCUT2D eigenvalue weighted by atomic mass is 10.2. The molecule has 1 amide bonds. The van der Waals surface area contributed by atoms with E-state index in [1.807, 2.05) is 36.4 Å².